The summed E-state index contributed by atoms with van der Waals surface area (Å²) >= 11 is 6.10. The zero-order chi connectivity index (χ0) is 28.0. The van der Waals surface area contributed by atoms with E-state index in [4.69, 9.17) is 16.7 Å². The molecule has 4 aromatic rings. The number of rotatable bonds is 11. The number of nitrogens with zero attached hydrogens (tertiary/aromatic N) is 1. The van der Waals surface area contributed by atoms with Gasteiger partial charge >= 0.3 is 5.97 Å². The van der Waals surface area contributed by atoms with Gasteiger partial charge in [-0.25, -0.2) is 17.6 Å². The molecule has 0 aliphatic rings. The average Bonchev–Trinajstić information content (AvgIpc) is 2.92. The molecular weight excluding hydrogens is 541 g/mol. The Morgan fingerprint density at radius 1 is 0.872 bits per heavy atom. The highest BCUT2D eigenvalue weighted by atomic mass is 35.5. The Bertz CT molecular complexity index is 1550. The predicted octanol–water partition coefficient (Wildman–Crippen LogP) is 5.79. The molecule has 0 amide bonds. The van der Waals surface area contributed by atoms with Crippen LogP contribution in [-0.4, -0.2) is 42.6 Å². The van der Waals surface area contributed by atoms with E-state index in [-0.39, 0.29) is 9.79 Å². The molecule has 1 atom stereocenters. The monoisotopic (exact) mass is 567 g/mol. The summed E-state index contributed by atoms with van der Waals surface area (Å²) in [6.45, 7) is 1.59. The van der Waals surface area contributed by atoms with Crippen molar-refractivity contribution in [3.05, 3.63) is 130 Å². The molecular formula is C30H27ClFNO5S. The van der Waals surface area contributed by atoms with Gasteiger partial charge in [-0.2, -0.15) is 0 Å². The SMILES string of the molecule is O=C(O)c1ccc(S(=O)(=O)c2ccc(CCN(Cc3ccccc3)CC(O)c3cccc(Cl)c3)cc2)cc1F. The largest absolute Gasteiger partial charge is 0.478 e. The Kier molecular flexibility index (Phi) is 9.14. The fraction of sp³-hybridized carbons (Fsp3) is 0.167. The van der Waals surface area contributed by atoms with E-state index in [1.807, 2.05) is 36.4 Å². The summed E-state index contributed by atoms with van der Waals surface area (Å²) in [6, 6.07) is 26.1. The third kappa shape index (κ3) is 7.30. The Labute approximate surface area is 231 Å². The highest BCUT2D eigenvalue weighted by Gasteiger charge is 2.21. The Balaban J connectivity index is 1.47. The molecule has 0 heterocycles. The zero-order valence-corrected chi connectivity index (χ0v) is 22.4. The zero-order valence-electron chi connectivity index (χ0n) is 20.9. The number of sulfone groups is 1. The van der Waals surface area contributed by atoms with Gasteiger partial charge in [0.1, 0.15) is 5.82 Å². The minimum Gasteiger partial charge on any atom is -0.478 e. The molecule has 1 unspecified atom stereocenters. The van der Waals surface area contributed by atoms with Crippen LogP contribution in [-0.2, 0) is 22.8 Å². The molecule has 0 aliphatic carbocycles. The third-order valence-electron chi connectivity index (χ3n) is 6.35. The molecule has 39 heavy (non-hydrogen) atoms. The minimum absolute atomic E-state index is 0.0220. The normalized spacial score (nSPS) is 12.4. The summed E-state index contributed by atoms with van der Waals surface area (Å²) in [5.74, 6) is -2.58. The molecule has 6 nitrogen and oxygen atoms in total. The quantitative estimate of drug-likeness (QED) is 0.238. The summed E-state index contributed by atoms with van der Waals surface area (Å²) < 4.78 is 40.0. The maximum absolute atomic E-state index is 14.1. The second-order valence-electron chi connectivity index (χ2n) is 9.14. The van der Waals surface area contributed by atoms with Crippen molar-refractivity contribution < 1.29 is 27.8 Å². The molecule has 0 spiro atoms. The van der Waals surface area contributed by atoms with Crippen molar-refractivity contribution in [1.82, 2.24) is 4.90 Å². The summed E-state index contributed by atoms with van der Waals surface area (Å²) in [6.07, 6.45) is -0.148. The van der Waals surface area contributed by atoms with Crippen LogP contribution in [0.15, 0.2) is 107 Å². The number of halogens is 2. The lowest BCUT2D eigenvalue weighted by Crippen LogP contribution is -2.30. The molecule has 4 aromatic carbocycles. The van der Waals surface area contributed by atoms with Gasteiger partial charge in [-0.1, -0.05) is 66.2 Å². The van der Waals surface area contributed by atoms with Crippen LogP contribution in [0.2, 0.25) is 5.02 Å². The van der Waals surface area contributed by atoms with E-state index >= 15 is 0 Å². The fourth-order valence-corrected chi connectivity index (χ4v) is 5.71. The smallest absolute Gasteiger partial charge is 0.338 e. The summed E-state index contributed by atoms with van der Waals surface area (Å²) in [5.41, 5.74) is 2.11. The van der Waals surface area contributed by atoms with Crippen LogP contribution in [0.3, 0.4) is 0 Å². The van der Waals surface area contributed by atoms with Gasteiger partial charge in [0.25, 0.3) is 0 Å². The van der Waals surface area contributed by atoms with Crippen LogP contribution in [0.1, 0.15) is 33.2 Å². The van der Waals surface area contributed by atoms with Gasteiger partial charge in [0.05, 0.1) is 21.5 Å². The van der Waals surface area contributed by atoms with E-state index in [0.29, 0.717) is 31.1 Å². The van der Waals surface area contributed by atoms with E-state index in [0.717, 1.165) is 34.9 Å². The summed E-state index contributed by atoms with van der Waals surface area (Å²) in [7, 11) is -4.03. The van der Waals surface area contributed by atoms with Crippen LogP contribution in [0.5, 0.6) is 0 Å². The van der Waals surface area contributed by atoms with Gasteiger partial charge in [-0.3, -0.25) is 4.90 Å². The number of aliphatic hydroxyl groups is 1. The Hall–Kier alpha value is -3.56. The maximum Gasteiger partial charge on any atom is 0.338 e. The molecule has 0 aromatic heterocycles. The highest BCUT2D eigenvalue weighted by molar-refractivity contribution is 7.91. The molecule has 0 bridgehead atoms. The predicted molar refractivity (Wildman–Crippen MR) is 147 cm³/mol. The number of carboxylic acids is 1. The van der Waals surface area contributed by atoms with Gasteiger partial charge in [-0.15, -0.1) is 0 Å². The maximum atomic E-state index is 14.1. The van der Waals surface area contributed by atoms with Gasteiger partial charge in [0, 0.05) is 24.7 Å². The van der Waals surface area contributed by atoms with Crippen LogP contribution in [0.4, 0.5) is 4.39 Å². The van der Waals surface area contributed by atoms with Crippen molar-refractivity contribution in [3.63, 3.8) is 0 Å². The number of carboxylic acid groups (broad SMARTS) is 1. The highest BCUT2D eigenvalue weighted by Crippen LogP contribution is 2.24. The lowest BCUT2D eigenvalue weighted by Gasteiger charge is -2.25. The van der Waals surface area contributed by atoms with Crippen molar-refractivity contribution in [3.8, 4) is 0 Å². The van der Waals surface area contributed by atoms with E-state index in [9.17, 15) is 22.7 Å². The molecule has 0 saturated carbocycles. The van der Waals surface area contributed by atoms with Crippen molar-refractivity contribution >= 4 is 27.4 Å². The first-order valence-corrected chi connectivity index (χ1v) is 14.1. The Morgan fingerprint density at radius 2 is 1.56 bits per heavy atom. The number of aromatic carboxylic acids is 1. The fourth-order valence-electron chi connectivity index (χ4n) is 4.24. The van der Waals surface area contributed by atoms with E-state index < -0.39 is 33.3 Å². The first-order chi connectivity index (χ1) is 18.6. The lowest BCUT2D eigenvalue weighted by molar-refractivity contribution is 0.0691. The van der Waals surface area contributed by atoms with E-state index in [2.05, 4.69) is 4.90 Å². The number of aliphatic hydroxyl groups excluding tert-OH is 1. The summed E-state index contributed by atoms with van der Waals surface area (Å²) in [5, 5.41) is 20.4. The molecule has 0 aliphatic heterocycles. The number of hydrogen-bond donors (Lipinski definition) is 2. The lowest BCUT2D eigenvalue weighted by atomic mass is 10.1. The van der Waals surface area contributed by atoms with Gasteiger partial charge in [0.2, 0.25) is 9.84 Å². The molecule has 0 saturated heterocycles. The molecule has 4 rings (SSSR count). The standard InChI is InChI=1S/C30H27ClFNO5S/c31-24-8-4-7-23(17-24)29(34)20-33(19-22-5-2-1-3-6-22)16-15-21-9-11-25(12-10-21)39(37,38)26-13-14-27(30(35)36)28(32)18-26/h1-14,17-18,29,34H,15-16,19-20H2,(H,35,36). The number of carbonyl (C=O) groups is 1. The average molecular weight is 568 g/mol. The second kappa shape index (κ2) is 12.5. The van der Waals surface area contributed by atoms with Crippen molar-refractivity contribution in [2.45, 2.75) is 28.9 Å². The van der Waals surface area contributed by atoms with Gasteiger partial charge in [0.15, 0.2) is 0 Å². The first-order valence-electron chi connectivity index (χ1n) is 12.2. The molecule has 9 heteroatoms. The van der Waals surface area contributed by atoms with E-state index in [1.54, 1.807) is 30.3 Å². The van der Waals surface area contributed by atoms with Gasteiger partial charge < -0.3 is 10.2 Å². The molecule has 2 N–H and O–H groups in total. The van der Waals surface area contributed by atoms with Gasteiger partial charge in [-0.05, 0) is 65.6 Å². The molecule has 202 valence electrons. The number of benzene rings is 4. The molecule has 0 radical (unpaired) electrons. The van der Waals surface area contributed by atoms with Crippen LogP contribution >= 0.6 is 11.6 Å². The second-order valence-corrected chi connectivity index (χ2v) is 11.5. The topological polar surface area (TPSA) is 94.9 Å². The van der Waals surface area contributed by atoms with Crippen LogP contribution < -0.4 is 0 Å². The Morgan fingerprint density at radius 3 is 2.21 bits per heavy atom. The van der Waals surface area contributed by atoms with Crippen LogP contribution in [0.25, 0.3) is 0 Å². The number of hydrogen-bond acceptors (Lipinski definition) is 5. The first kappa shape index (κ1) is 28.4. The van der Waals surface area contributed by atoms with Crippen molar-refractivity contribution in [2.75, 3.05) is 13.1 Å². The summed E-state index contributed by atoms with van der Waals surface area (Å²) in [4.78, 5) is 12.8. The minimum atomic E-state index is -4.03. The van der Waals surface area contributed by atoms with Crippen LogP contribution in [0, 0.1) is 5.82 Å². The van der Waals surface area contributed by atoms with E-state index in [1.165, 1.54) is 12.1 Å². The third-order valence-corrected chi connectivity index (χ3v) is 8.35. The molecule has 0 fully saturated rings. The van der Waals surface area contributed by atoms with Crippen molar-refractivity contribution in [2.24, 2.45) is 0 Å². The van der Waals surface area contributed by atoms with Crippen molar-refractivity contribution in [1.29, 1.82) is 0 Å².